The van der Waals surface area contributed by atoms with E-state index >= 15 is 0 Å². The fourth-order valence-electron chi connectivity index (χ4n) is 3.24. The summed E-state index contributed by atoms with van der Waals surface area (Å²) in [4.78, 5) is 12.4. The maximum absolute atomic E-state index is 12.4. The van der Waals surface area contributed by atoms with Crippen molar-refractivity contribution in [3.63, 3.8) is 0 Å². The van der Waals surface area contributed by atoms with Crippen molar-refractivity contribution in [2.24, 2.45) is 11.7 Å². The first kappa shape index (κ1) is 21.2. The summed E-state index contributed by atoms with van der Waals surface area (Å²) in [6.07, 6.45) is 3.40. The molecule has 1 saturated carbocycles. The fourth-order valence-corrected chi connectivity index (χ4v) is 4.31. The lowest BCUT2D eigenvalue weighted by molar-refractivity contribution is -0.117. The second kappa shape index (κ2) is 9.21. The van der Waals surface area contributed by atoms with Crippen molar-refractivity contribution in [2.45, 2.75) is 36.6 Å². The van der Waals surface area contributed by atoms with E-state index < -0.39 is 10.0 Å². The Labute approximate surface area is 166 Å². The number of carbonyl (C=O) groups is 1. The Balaban J connectivity index is 0.00000261. The van der Waals surface area contributed by atoms with Gasteiger partial charge in [0.2, 0.25) is 5.91 Å². The quantitative estimate of drug-likeness (QED) is 0.680. The van der Waals surface area contributed by atoms with Crippen molar-refractivity contribution in [1.29, 1.82) is 0 Å². The van der Waals surface area contributed by atoms with Crippen LogP contribution in [0, 0.1) is 5.92 Å². The Morgan fingerprint density at radius 1 is 1.04 bits per heavy atom. The smallest absolute Gasteiger partial charge is 0.261 e. The van der Waals surface area contributed by atoms with Gasteiger partial charge in [-0.05, 0) is 49.1 Å². The molecule has 0 aliphatic heterocycles. The molecule has 1 aliphatic carbocycles. The number of carbonyl (C=O) groups excluding carboxylic acids is 1. The van der Waals surface area contributed by atoms with Crippen LogP contribution in [-0.4, -0.2) is 20.4 Å². The molecule has 0 spiro atoms. The normalized spacial score (nSPS) is 19.1. The highest BCUT2D eigenvalue weighted by atomic mass is 35.5. The van der Waals surface area contributed by atoms with Gasteiger partial charge in [0.05, 0.1) is 10.6 Å². The van der Waals surface area contributed by atoms with E-state index in [1.165, 1.54) is 12.1 Å². The number of amides is 1. The van der Waals surface area contributed by atoms with E-state index in [9.17, 15) is 13.2 Å². The summed E-state index contributed by atoms with van der Waals surface area (Å²) in [5.41, 5.74) is 6.96. The van der Waals surface area contributed by atoms with Gasteiger partial charge in [0, 0.05) is 18.2 Å². The molecule has 0 radical (unpaired) electrons. The van der Waals surface area contributed by atoms with Crippen LogP contribution in [0.5, 0.6) is 0 Å². The lowest BCUT2D eigenvalue weighted by atomic mass is 10.00. The molecule has 8 heteroatoms. The maximum Gasteiger partial charge on any atom is 0.261 e. The Morgan fingerprint density at radius 3 is 2.41 bits per heavy atom. The summed E-state index contributed by atoms with van der Waals surface area (Å²) in [6.45, 7) is 0. The Hall–Kier alpha value is -2.09. The van der Waals surface area contributed by atoms with Gasteiger partial charge < -0.3 is 11.1 Å². The molecule has 0 heterocycles. The van der Waals surface area contributed by atoms with E-state index in [-0.39, 0.29) is 35.2 Å². The number of nitrogens with one attached hydrogen (secondary N) is 2. The van der Waals surface area contributed by atoms with E-state index in [4.69, 9.17) is 5.73 Å². The SMILES string of the molecule is Cl.N[C@@H]1CCC[C@H]1CC(=O)Nc1cccc(NS(=O)(=O)c2ccccc2)c1. The second-order valence-electron chi connectivity index (χ2n) is 6.61. The molecule has 0 saturated heterocycles. The number of hydrogen-bond acceptors (Lipinski definition) is 4. The van der Waals surface area contributed by atoms with E-state index in [0.717, 1.165) is 19.3 Å². The van der Waals surface area contributed by atoms with Crippen LogP contribution in [0.3, 0.4) is 0 Å². The zero-order valence-electron chi connectivity index (χ0n) is 14.8. The van der Waals surface area contributed by atoms with Crippen molar-refractivity contribution in [1.82, 2.24) is 0 Å². The van der Waals surface area contributed by atoms with Gasteiger partial charge in [-0.2, -0.15) is 0 Å². The average Bonchev–Trinajstić information content (AvgIpc) is 3.00. The molecule has 0 unspecified atom stereocenters. The van der Waals surface area contributed by atoms with Gasteiger partial charge in [-0.3, -0.25) is 9.52 Å². The highest BCUT2D eigenvalue weighted by Gasteiger charge is 2.26. The lowest BCUT2D eigenvalue weighted by Crippen LogP contribution is -2.28. The van der Waals surface area contributed by atoms with E-state index in [2.05, 4.69) is 10.0 Å². The van der Waals surface area contributed by atoms with Crippen LogP contribution in [0.15, 0.2) is 59.5 Å². The van der Waals surface area contributed by atoms with Gasteiger partial charge in [-0.1, -0.05) is 30.7 Å². The molecule has 146 valence electrons. The van der Waals surface area contributed by atoms with Crippen LogP contribution in [0.1, 0.15) is 25.7 Å². The summed E-state index contributed by atoms with van der Waals surface area (Å²) >= 11 is 0. The van der Waals surface area contributed by atoms with Gasteiger partial charge in [0.25, 0.3) is 10.0 Å². The number of nitrogens with two attached hydrogens (primary N) is 1. The molecule has 2 aromatic rings. The Bertz CT molecular complexity index is 875. The summed E-state index contributed by atoms with van der Waals surface area (Å²) in [5, 5.41) is 2.83. The van der Waals surface area contributed by atoms with E-state index in [1.54, 1.807) is 42.5 Å². The monoisotopic (exact) mass is 409 g/mol. The standard InChI is InChI=1S/C19H23N3O3S.ClH/c20-18-11-4-6-14(18)12-19(23)21-15-7-5-8-16(13-15)22-26(24,25)17-9-2-1-3-10-17;/h1-3,5,7-10,13-14,18,22H,4,6,11-12,20H2,(H,21,23);1H/t14-,18+;/m0./s1. The third-order valence-corrected chi connectivity index (χ3v) is 6.01. The van der Waals surface area contributed by atoms with Gasteiger partial charge in [0.1, 0.15) is 0 Å². The van der Waals surface area contributed by atoms with Crippen molar-refractivity contribution in [2.75, 3.05) is 10.0 Å². The van der Waals surface area contributed by atoms with Gasteiger partial charge >= 0.3 is 0 Å². The molecule has 3 rings (SSSR count). The molecular formula is C19H24ClN3O3S. The molecule has 27 heavy (non-hydrogen) atoms. The summed E-state index contributed by atoms with van der Waals surface area (Å²) in [7, 11) is -3.66. The number of sulfonamides is 1. The minimum atomic E-state index is -3.66. The molecule has 1 aliphatic rings. The topological polar surface area (TPSA) is 101 Å². The molecule has 2 atom stereocenters. The van der Waals surface area contributed by atoms with Crippen LogP contribution >= 0.6 is 12.4 Å². The van der Waals surface area contributed by atoms with Crippen LogP contribution in [0.25, 0.3) is 0 Å². The Morgan fingerprint density at radius 2 is 1.74 bits per heavy atom. The molecule has 2 aromatic carbocycles. The third-order valence-electron chi connectivity index (χ3n) is 4.62. The molecule has 0 aromatic heterocycles. The predicted octanol–water partition coefficient (Wildman–Crippen LogP) is 3.37. The third kappa shape index (κ3) is 5.69. The largest absolute Gasteiger partial charge is 0.327 e. The molecule has 0 bridgehead atoms. The van der Waals surface area contributed by atoms with Crippen LogP contribution in [0.4, 0.5) is 11.4 Å². The van der Waals surface area contributed by atoms with Gasteiger partial charge in [0.15, 0.2) is 0 Å². The van der Waals surface area contributed by atoms with Crippen molar-refractivity contribution in [3.05, 3.63) is 54.6 Å². The van der Waals surface area contributed by atoms with Crippen LogP contribution in [0.2, 0.25) is 0 Å². The van der Waals surface area contributed by atoms with E-state index in [0.29, 0.717) is 17.8 Å². The zero-order valence-corrected chi connectivity index (χ0v) is 16.4. The number of anilines is 2. The molecule has 1 amide bonds. The zero-order chi connectivity index (χ0) is 18.6. The first-order chi connectivity index (χ1) is 12.4. The number of halogens is 1. The van der Waals surface area contributed by atoms with Crippen molar-refractivity contribution in [3.8, 4) is 0 Å². The molecular weight excluding hydrogens is 386 g/mol. The first-order valence-electron chi connectivity index (χ1n) is 8.67. The summed E-state index contributed by atoms with van der Waals surface area (Å²) in [5.74, 6) is 0.116. The lowest BCUT2D eigenvalue weighted by Gasteiger charge is -2.15. The predicted molar refractivity (Wildman–Crippen MR) is 110 cm³/mol. The highest BCUT2D eigenvalue weighted by molar-refractivity contribution is 7.92. The minimum absolute atomic E-state index is 0. The van der Waals surface area contributed by atoms with Crippen LogP contribution < -0.4 is 15.8 Å². The van der Waals surface area contributed by atoms with E-state index in [1.807, 2.05) is 0 Å². The van der Waals surface area contributed by atoms with Crippen molar-refractivity contribution < 1.29 is 13.2 Å². The van der Waals surface area contributed by atoms with Crippen LogP contribution in [-0.2, 0) is 14.8 Å². The first-order valence-corrected chi connectivity index (χ1v) is 10.2. The van der Waals surface area contributed by atoms with Gasteiger partial charge in [-0.25, -0.2) is 8.42 Å². The summed E-state index contributed by atoms with van der Waals surface area (Å²) < 4.78 is 27.3. The summed E-state index contributed by atoms with van der Waals surface area (Å²) in [6, 6.07) is 14.9. The Kier molecular flexibility index (Phi) is 7.24. The maximum atomic E-state index is 12.4. The number of hydrogen-bond donors (Lipinski definition) is 3. The molecule has 1 fully saturated rings. The van der Waals surface area contributed by atoms with Gasteiger partial charge in [-0.15, -0.1) is 12.4 Å². The molecule has 4 N–H and O–H groups in total. The van der Waals surface area contributed by atoms with Crippen molar-refractivity contribution >= 4 is 39.7 Å². The fraction of sp³-hybridized carbons (Fsp3) is 0.316. The average molecular weight is 410 g/mol. The number of benzene rings is 2. The molecule has 6 nitrogen and oxygen atoms in total. The second-order valence-corrected chi connectivity index (χ2v) is 8.29. The highest BCUT2D eigenvalue weighted by Crippen LogP contribution is 2.27. The minimum Gasteiger partial charge on any atom is -0.327 e. The number of rotatable bonds is 6.